The van der Waals surface area contributed by atoms with Gasteiger partial charge in [0.05, 0.1) is 0 Å². The van der Waals surface area contributed by atoms with E-state index >= 15 is 0 Å². The standard InChI is InChI=1S/C14H12F2N2O3/c1-6-8-5-18(10-2-3-11(19)17-13(10)20)14(21)7(8)4-9(15)12(6)16/h4,10H,2-3,5H2,1H3,(H,17,19,20)/t10-/m0/s1. The third-order valence-electron chi connectivity index (χ3n) is 3.99. The smallest absolute Gasteiger partial charge is 0.255 e. The van der Waals surface area contributed by atoms with Gasteiger partial charge in [-0.2, -0.15) is 0 Å². The van der Waals surface area contributed by atoms with Crippen LogP contribution in [0.2, 0.25) is 0 Å². The van der Waals surface area contributed by atoms with Gasteiger partial charge in [-0.3, -0.25) is 19.7 Å². The van der Waals surface area contributed by atoms with Crippen molar-refractivity contribution in [1.29, 1.82) is 0 Å². The van der Waals surface area contributed by atoms with Crippen molar-refractivity contribution in [3.8, 4) is 0 Å². The lowest BCUT2D eigenvalue weighted by Gasteiger charge is -2.29. The molecular weight excluding hydrogens is 282 g/mol. The van der Waals surface area contributed by atoms with Crippen molar-refractivity contribution >= 4 is 17.7 Å². The maximum atomic E-state index is 13.6. The Morgan fingerprint density at radius 3 is 2.67 bits per heavy atom. The van der Waals surface area contributed by atoms with Crippen molar-refractivity contribution in [2.45, 2.75) is 32.4 Å². The molecule has 2 heterocycles. The molecule has 0 saturated carbocycles. The first-order valence-electron chi connectivity index (χ1n) is 6.52. The van der Waals surface area contributed by atoms with E-state index in [9.17, 15) is 23.2 Å². The lowest BCUT2D eigenvalue weighted by atomic mass is 10.0. The van der Waals surface area contributed by atoms with Gasteiger partial charge in [0.15, 0.2) is 11.6 Å². The second kappa shape index (κ2) is 4.61. The zero-order valence-corrected chi connectivity index (χ0v) is 11.2. The Bertz CT molecular complexity index is 687. The molecule has 1 aromatic rings. The van der Waals surface area contributed by atoms with Crippen LogP contribution in [0.25, 0.3) is 0 Å². The number of halogens is 2. The lowest BCUT2D eigenvalue weighted by Crippen LogP contribution is -2.52. The molecule has 0 radical (unpaired) electrons. The predicted octanol–water partition coefficient (Wildman–Crippen LogP) is 1.03. The van der Waals surface area contributed by atoms with Crippen LogP contribution in [0.3, 0.4) is 0 Å². The SMILES string of the molecule is Cc1c(F)c(F)cc2c1CN([C@H]1CCC(=O)NC1=O)C2=O. The van der Waals surface area contributed by atoms with Crippen LogP contribution in [0, 0.1) is 18.6 Å². The van der Waals surface area contributed by atoms with Gasteiger partial charge in [-0.05, 0) is 30.5 Å². The lowest BCUT2D eigenvalue weighted by molar-refractivity contribution is -0.136. The molecule has 7 heteroatoms. The van der Waals surface area contributed by atoms with Crippen LogP contribution in [0.4, 0.5) is 8.78 Å². The first-order valence-corrected chi connectivity index (χ1v) is 6.52. The van der Waals surface area contributed by atoms with E-state index in [-0.39, 0.29) is 36.4 Å². The number of fused-ring (bicyclic) bond motifs is 1. The molecule has 0 aliphatic carbocycles. The quantitative estimate of drug-likeness (QED) is 0.787. The summed E-state index contributed by atoms with van der Waals surface area (Å²) in [5.74, 6) is -3.50. The van der Waals surface area contributed by atoms with Gasteiger partial charge in [0.2, 0.25) is 11.8 Å². The average Bonchev–Trinajstić information content (AvgIpc) is 2.74. The molecular formula is C14H12F2N2O3. The van der Waals surface area contributed by atoms with E-state index in [2.05, 4.69) is 5.32 Å². The predicted molar refractivity (Wildman–Crippen MR) is 67.1 cm³/mol. The number of nitrogens with zero attached hydrogens (tertiary/aromatic N) is 1. The molecule has 3 rings (SSSR count). The van der Waals surface area contributed by atoms with Crippen LogP contribution < -0.4 is 5.32 Å². The van der Waals surface area contributed by atoms with E-state index in [1.807, 2.05) is 0 Å². The van der Waals surface area contributed by atoms with Gasteiger partial charge in [-0.25, -0.2) is 8.78 Å². The molecule has 1 N–H and O–H groups in total. The minimum absolute atomic E-state index is 0.0451. The molecule has 1 atom stereocenters. The molecule has 0 unspecified atom stereocenters. The van der Waals surface area contributed by atoms with E-state index < -0.39 is 29.5 Å². The van der Waals surface area contributed by atoms with Crippen molar-refractivity contribution in [2.24, 2.45) is 0 Å². The molecule has 110 valence electrons. The Morgan fingerprint density at radius 1 is 1.29 bits per heavy atom. The minimum atomic E-state index is -1.08. The van der Waals surface area contributed by atoms with Gasteiger partial charge in [-0.15, -0.1) is 0 Å². The summed E-state index contributed by atoms with van der Waals surface area (Å²) in [6.45, 7) is 1.45. The van der Waals surface area contributed by atoms with Crippen LogP contribution in [0.15, 0.2) is 6.07 Å². The number of rotatable bonds is 1. The largest absolute Gasteiger partial charge is 0.322 e. The summed E-state index contributed by atoms with van der Waals surface area (Å²) in [6.07, 6.45) is 0.354. The van der Waals surface area contributed by atoms with Gasteiger partial charge in [0.25, 0.3) is 5.91 Å². The summed E-state index contributed by atoms with van der Waals surface area (Å²) in [5.41, 5.74) is 0.549. The van der Waals surface area contributed by atoms with Gasteiger partial charge < -0.3 is 4.90 Å². The summed E-state index contributed by atoms with van der Waals surface area (Å²) >= 11 is 0. The number of amides is 3. The second-order valence-electron chi connectivity index (χ2n) is 5.22. The number of carbonyl (C=O) groups is 3. The summed E-state index contributed by atoms with van der Waals surface area (Å²) in [6, 6.07) is 0.0828. The highest BCUT2D eigenvalue weighted by atomic mass is 19.2. The van der Waals surface area contributed by atoms with Gasteiger partial charge in [-0.1, -0.05) is 0 Å². The Labute approximate surface area is 118 Å². The molecule has 0 spiro atoms. The fourth-order valence-electron chi connectivity index (χ4n) is 2.81. The first-order chi connectivity index (χ1) is 9.90. The van der Waals surface area contributed by atoms with Crippen LogP contribution >= 0.6 is 0 Å². The molecule has 1 saturated heterocycles. The van der Waals surface area contributed by atoms with Gasteiger partial charge in [0.1, 0.15) is 6.04 Å². The highest BCUT2D eigenvalue weighted by Gasteiger charge is 2.40. The molecule has 0 aromatic heterocycles. The third kappa shape index (κ3) is 2.00. The van der Waals surface area contributed by atoms with E-state index in [0.717, 1.165) is 6.07 Å². The van der Waals surface area contributed by atoms with Crippen molar-refractivity contribution < 1.29 is 23.2 Å². The van der Waals surface area contributed by atoms with Crippen molar-refractivity contribution in [1.82, 2.24) is 10.2 Å². The maximum Gasteiger partial charge on any atom is 0.255 e. The van der Waals surface area contributed by atoms with E-state index in [1.54, 1.807) is 0 Å². The zero-order chi connectivity index (χ0) is 15.3. The van der Waals surface area contributed by atoms with Gasteiger partial charge >= 0.3 is 0 Å². The summed E-state index contributed by atoms with van der Waals surface area (Å²) in [7, 11) is 0. The number of piperidine rings is 1. The molecule has 5 nitrogen and oxygen atoms in total. The molecule has 3 amide bonds. The van der Waals surface area contributed by atoms with Crippen molar-refractivity contribution in [3.63, 3.8) is 0 Å². The fourth-order valence-corrected chi connectivity index (χ4v) is 2.81. The molecule has 1 fully saturated rings. The molecule has 2 aliphatic rings. The number of carbonyl (C=O) groups excluding carboxylic acids is 3. The maximum absolute atomic E-state index is 13.6. The Morgan fingerprint density at radius 2 is 2.00 bits per heavy atom. The zero-order valence-electron chi connectivity index (χ0n) is 11.2. The number of hydrogen-bond acceptors (Lipinski definition) is 3. The fraction of sp³-hybridized carbons (Fsp3) is 0.357. The van der Waals surface area contributed by atoms with E-state index in [0.29, 0.717) is 5.56 Å². The second-order valence-corrected chi connectivity index (χ2v) is 5.22. The normalized spacial score (nSPS) is 21.6. The summed E-state index contributed by atoms with van der Waals surface area (Å²) < 4.78 is 27.0. The third-order valence-corrected chi connectivity index (χ3v) is 3.99. The monoisotopic (exact) mass is 294 g/mol. The van der Waals surface area contributed by atoms with Crippen LogP contribution in [-0.4, -0.2) is 28.7 Å². The number of nitrogens with one attached hydrogen (secondary N) is 1. The Hall–Kier alpha value is -2.31. The number of hydrogen-bond donors (Lipinski definition) is 1. The summed E-state index contributed by atoms with van der Waals surface area (Å²) in [4.78, 5) is 36.5. The average molecular weight is 294 g/mol. The molecule has 1 aromatic carbocycles. The minimum Gasteiger partial charge on any atom is -0.322 e. The van der Waals surface area contributed by atoms with Crippen molar-refractivity contribution in [2.75, 3.05) is 0 Å². The first kappa shape index (κ1) is 13.7. The van der Waals surface area contributed by atoms with Crippen LogP contribution in [-0.2, 0) is 16.1 Å². The molecule has 21 heavy (non-hydrogen) atoms. The highest BCUT2D eigenvalue weighted by Crippen LogP contribution is 2.31. The van der Waals surface area contributed by atoms with Gasteiger partial charge in [0, 0.05) is 18.5 Å². The topological polar surface area (TPSA) is 66.5 Å². The Balaban J connectivity index is 1.96. The van der Waals surface area contributed by atoms with E-state index in [1.165, 1.54) is 11.8 Å². The number of benzene rings is 1. The Kier molecular flexibility index (Phi) is 3.00. The van der Waals surface area contributed by atoms with Crippen LogP contribution in [0.1, 0.15) is 34.3 Å². The van der Waals surface area contributed by atoms with E-state index in [4.69, 9.17) is 0 Å². The molecule has 0 bridgehead atoms. The number of imide groups is 1. The highest BCUT2D eigenvalue weighted by molar-refractivity contribution is 6.05. The summed E-state index contributed by atoms with van der Waals surface area (Å²) in [5, 5.41) is 2.17. The van der Waals surface area contributed by atoms with Crippen molar-refractivity contribution in [3.05, 3.63) is 34.4 Å². The molecule has 2 aliphatic heterocycles. The van der Waals surface area contributed by atoms with Crippen LogP contribution in [0.5, 0.6) is 0 Å².